The maximum absolute atomic E-state index is 13.8. The number of piperidine rings is 1. The van der Waals surface area contributed by atoms with Gasteiger partial charge in [0.2, 0.25) is 0 Å². The average molecular weight is 637 g/mol. The number of nitrogens with zero attached hydrogens (tertiary/aromatic N) is 4. The number of likely N-dealkylation sites (tertiary alicyclic amines) is 1. The van der Waals surface area contributed by atoms with Gasteiger partial charge in [-0.15, -0.1) is 12.4 Å². The second-order valence-corrected chi connectivity index (χ2v) is 10.9. The van der Waals surface area contributed by atoms with Crippen LogP contribution in [0.4, 0.5) is 32.0 Å². The summed E-state index contributed by atoms with van der Waals surface area (Å²) in [7, 11) is 0. The molecular formula is C28H28Cl2F6N4O2. The van der Waals surface area contributed by atoms with Gasteiger partial charge in [-0.05, 0) is 36.1 Å². The zero-order valence-electron chi connectivity index (χ0n) is 22.1. The molecule has 2 aliphatic rings. The van der Waals surface area contributed by atoms with Crippen molar-refractivity contribution in [3.63, 3.8) is 0 Å². The average Bonchev–Trinajstić information content (AvgIpc) is 3.34. The smallest absolute Gasteiger partial charge is 0.433 e. The number of carbonyl (C=O) groups is 1. The Morgan fingerprint density at radius 2 is 1.71 bits per heavy atom. The first-order valence-electron chi connectivity index (χ1n) is 13.1. The molecule has 2 aliphatic heterocycles. The van der Waals surface area contributed by atoms with Crippen molar-refractivity contribution < 1.29 is 36.2 Å². The largest absolute Gasteiger partial charge is 0.478 e. The molecule has 1 aromatic heterocycles. The number of alkyl halides is 6. The van der Waals surface area contributed by atoms with Crippen molar-refractivity contribution in [3.8, 4) is 11.1 Å². The number of carboxylic acids is 1. The Labute approximate surface area is 249 Å². The van der Waals surface area contributed by atoms with Crippen molar-refractivity contribution in [1.82, 2.24) is 14.7 Å². The minimum Gasteiger partial charge on any atom is -0.478 e. The Morgan fingerprint density at radius 1 is 1.02 bits per heavy atom. The van der Waals surface area contributed by atoms with E-state index in [9.17, 15) is 36.2 Å². The van der Waals surface area contributed by atoms with E-state index in [-0.39, 0.29) is 31.4 Å². The van der Waals surface area contributed by atoms with Gasteiger partial charge in [-0.3, -0.25) is 4.68 Å². The molecule has 2 saturated heterocycles. The van der Waals surface area contributed by atoms with Crippen molar-refractivity contribution in [2.24, 2.45) is 0 Å². The lowest BCUT2D eigenvalue weighted by Crippen LogP contribution is -2.46. The fraction of sp³-hybridized carbons (Fsp3) is 0.429. The minimum atomic E-state index is -4.88. The highest BCUT2D eigenvalue weighted by Crippen LogP contribution is 2.40. The Kier molecular flexibility index (Phi) is 9.39. The van der Waals surface area contributed by atoms with Gasteiger partial charge < -0.3 is 14.9 Å². The second kappa shape index (κ2) is 12.3. The molecule has 0 amide bonds. The fourth-order valence-corrected chi connectivity index (χ4v) is 5.81. The number of carboxylic acid groups (broad SMARTS) is 1. The van der Waals surface area contributed by atoms with E-state index in [2.05, 4.69) is 5.10 Å². The van der Waals surface area contributed by atoms with Crippen LogP contribution in [0.3, 0.4) is 0 Å². The maximum Gasteiger partial charge on any atom is 0.433 e. The molecule has 0 aliphatic carbocycles. The van der Waals surface area contributed by atoms with Gasteiger partial charge in [0.1, 0.15) is 5.56 Å². The summed E-state index contributed by atoms with van der Waals surface area (Å²) in [6, 6.07) is 12.4. The van der Waals surface area contributed by atoms with Gasteiger partial charge in [0.05, 0.1) is 18.7 Å². The standard InChI is InChI=1S/C28H27ClF6N4O2.ClH/c29-20-7-8-22(18-5-3-17(4-6-18)19-14-37(15-19)11-9-27(30,31)32)24(12-20)38-10-1-2-21(16-38)39-25(28(33,34)35)23(13-36-39)26(40)41;/h3-8,12-13,19,21H,1-2,9-11,14-16H2,(H,40,41);1H. The van der Waals surface area contributed by atoms with E-state index >= 15 is 0 Å². The van der Waals surface area contributed by atoms with Crippen LogP contribution in [0.1, 0.15) is 52.8 Å². The molecule has 3 heterocycles. The Hall–Kier alpha value is -2.96. The zero-order valence-corrected chi connectivity index (χ0v) is 23.7. The van der Waals surface area contributed by atoms with Gasteiger partial charge in [0.15, 0.2) is 5.69 Å². The number of rotatable bonds is 7. The number of benzene rings is 2. The number of aromatic carboxylic acids is 1. The van der Waals surface area contributed by atoms with Crippen LogP contribution < -0.4 is 4.90 Å². The third-order valence-corrected chi connectivity index (χ3v) is 7.93. The summed E-state index contributed by atoms with van der Waals surface area (Å²) in [4.78, 5) is 15.2. The number of hydrogen-bond donors (Lipinski definition) is 1. The molecule has 6 nitrogen and oxygen atoms in total. The molecule has 3 aromatic rings. The van der Waals surface area contributed by atoms with Crippen LogP contribution in [0.2, 0.25) is 5.02 Å². The summed E-state index contributed by atoms with van der Waals surface area (Å²) in [5.74, 6) is -1.54. The van der Waals surface area contributed by atoms with Crippen LogP contribution in [-0.2, 0) is 6.18 Å². The number of hydrogen-bond acceptors (Lipinski definition) is 4. The molecule has 0 bridgehead atoms. The third kappa shape index (κ3) is 6.98. The molecule has 2 aromatic carbocycles. The summed E-state index contributed by atoms with van der Waals surface area (Å²) in [6.45, 7) is 1.85. The van der Waals surface area contributed by atoms with E-state index in [0.29, 0.717) is 37.5 Å². The molecule has 0 radical (unpaired) electrons. The van der Waals surface area contributed by atoms with E-state index in [0.717, 1.165) is 33.3 Å². The van der Waals surface area contributed by atoms with Crippen LogP contribution in [0.15, 0.2) is 48.7 Å². The molecule has 42 heavy (non-hydrogen) atoms. The van der Waals surface area contributed by atoms with Crippen LogP contribution >= 0.6 is 24.0 Å². The highest BCUT2D eigenvalue weighted by molar-refractivity contribution is 6.31. The van der Waals surface area contributed by atoms with Crippen molar-refractivity contribution in [2.45, 2.75) is 43.6 Å². The summed E-state index contributed by atoms with van der Waals surface area (Å²) in [5, 5.41) is 13.6. The first kappa shape index (κ1) is 32.0. The van der Waals surface area contributed by atoms with E-state index in [1.54, 1.807) is 17.0 Å². The molecule has 228 valence electrons. The Morgan fingerprint density at radius 3 is 2.33 bits per heavy atom. The van der Waals surface area contributed by atoms with Crippen molar-refractivity contribution in [1.29, 1.82) is 0 Å². The molecule has 0 saturated carbocycles. The molecular weight excluding hydrogens is 609 g/mol. The van der Waals surface area contributed by atoms with Gasteiger partial charge in [-0.25, -0.2) is 4.79 Å². The summed E-state index contributed by atoms with van der Waals surface area (Å²) in [6.07, 6.45) is -8.18. The number of halogens is 8. The molecule has 1 N–H and O–H groups in total. The van der Waals surface area contributed by atoms with Crippen LogP contribution in [-0.4, -0.2) is 64.7 Å². The summed E-state index contributed by atoms with van der Waals surface area (Å²) < 4.78 is 79.8. The first-order chi connectivity index (χ1) is 19.3. The van der Waals surface area contributed by atoms with Gasteiger partial charge in [0, 0.05) is 54.9 Å². The summed E-state index contributed by atoms with van der Waals surface area (Å²) in [5.41, 5.74) is 1.29. The molecule has 1 unspecified atom stereocenters. The number of aromatic nitrogens is 2. The van der Waals surface area contributed by atoms with E-state index in [1.165, 1.54) is 0 Å². The molecule has 5 rings (SSSR count). The van der Waals surface area contributed by atoms with Gasteiger partial charge in [-0.1, -0.05) is 41.9 Å². The fourth-order valence-electron chi connectivity index (χ4n) is 5.64. The van der Waals surface area contributed by atoms with Crippen LogP contribution in [0, 0.1) is 0 Å². The second-order valence-electron chi connectivity index (χ2n) is 10.5. The lowest BCUT2D eigenvalue weighted by atomic mass is 9.89. The van der Waals surface area contributed by atoms with Gasteiger partial charge in [-0.2, -0.15) is 31.4 Å². The topological polar surface area (TPSA) is 61.6 Å². The molecule has 0 spiro atoms. The van der Waals surface area contributed by atoms with Gasteiger partial charge in [0.25, 0.3) is 0 Å². The lowest BCUT2D eigenvalue weighted by molar-refractivity contribution is -0.145. The maximum atomic E-state index is 13.8. The number of anilines is 1. The van der Waals surface area contributed by atoms with Crippen molar-refractivity contribution in [3.05, 3.63) is 70.5 Å². The molecule has 2 fully saturated rings. The Balaban J connectivity index is 0.00000405. The normalized spacial score (nSPS) is 18.5. The van der Waals surface area contributed by atoms with Crippen molar-refractivity contribution in [2.75, 3.05) is 37.6 Å². The monoisotopic (exact) mass is 636 g/mol. The quantitative estimate of drug-likeness (QED) is 0.272. The Bertz CT molecular complexity index is 1400. The molecule has 1 atom stereocenters. The van der Waals surface area contributed by atoms with Crippen LogP contribution in [0.5, 0.6) is 0 Å². The summed E-state index contributed by atoms with van der Waals surface area (Å²) >= 11 is 6.33. The van der Waals surface area contributed by atoms with E-state index in [4.69, 9.17) is 11.6 Å². The van der Waals surface area contributed by atoms with Crippen molar-refractivity contribution >= 4 is 35.7 Å². The highest BCUT2D eigenvalue weighted by Gasteiger charge is 2.42. The highest BCUT2D eigenvalue weighted by atomic mass is 35.5. The SMILES string of the molecule is Cl.O=C(O)c1cnn(C2CCCN(c3cc(Cl)ccc3-c3ccc(C4CN(CCC(F)(F)F)C4)cc3)C2)c1C(F)(F)F. The van der Waals surface area contributed by atoms with E-state index in [1.807, 2.05) is 35.2 Å². The van der Waals surface area contributed by atoms with E-state index < -0.39 is 42.0 Å². The first-order valence-corrected chi connectivity index (χ1v) is 13.5. The lowest BCUT2D eigenvalue weighted by Gasteiger charge is -2.40. The van der Waals surface area contributed by atoms with Gasteiger partial charge >= 0.3 is 18.3 Å². The van der Waals surface area contributed by atoms with Crippen LogP contribution in [0.25, 0.3) is 11.1 Å². The third-order valence-electron chi connectivity index (χ3n) is 7.70. The molecule has 14 heteroatoms. The predicted octanol–water partition coefficient (Wildman–Crippen LogP) is 7.54. The predicted molar refractivity (Wildman–Crippen MR) is 149 cm³/mol. The zero-order chi connectivity index (χ0) is 29.5. The minimum absolute atomic E-state index is 0.